The minimum absolute atomic E-state index is 0.0414. The molecule has 2 amide bonds. The molecule has 1 fully saturated rings. The summed E-state index contributed by atoms with van der Waals surface area (Å²) in [4.78, 5) is 22.2. The Morgan fingerprint density at radius 3 is 2.89 bits per heavy atom. The van der Waals surface area contributed by atoms with E-state index in [-0.39, 0.29) is 18.0 Å². The molecular formula is C12H21N3O3. The number of hydrogen-bond donors (Lipinski definition) is 2. The van der Waals surface area contributed by atoms with Crippen LogP contribution < -0.4 is 11.2 Å². The molecule has 3 N–H and O–H groups in total. The van der Waals surface area contributed by atoms with Gasteiger partial charge in [0.25, 0.3) is 0 Å². The van der Waals surface area contributed by atoms with E-state index in [1.165, 1.54) is 0 Å². The summed E-state index contributed by atoms with van der Waals surface area (Å²) in [6.45, 7) is 3.84. The highest BCUT2D eigenvalue weighted by atomic mass is 16.6. The number of nitrogens with one attached hydrogen (secondary N) is 1. The number of carbonyl (C=O) groups excluding carboxylic acids is 2. The molecule has 0 aromatic rings. The van der Waals surface area contributed by atoms with Crippen molar-refractivity contribution >= 4 is 17.7 Å². The van der Waals surface area contributed by atoms with E-state index in [0.29, 0.717) is 12.1 Å². The van der Waals surface area contributed by atoms with Gasteiger partial charge in [-0.1, -0.05) is 26.2 Å². The van der Waals surface area contributed by atoms with Gasteiger partial charge in [-0.05, 0) is 13.3 Å². The molecule has 1 heterocycles. The first-order valence-electron chi connectivity index (χ1n) is 6.34. The first kappa shape index (κ1) is 14.5. The fraction of sp³-hybridized carbons (Fsp3) is 0.750. The molecule has 1 aliphatic heterocycles. The Balaban J connectivity index is 2.44. The van der Waals surface area contributed by atoms with Crippen molar-refractivity contribution in [1.82, 2.24) is 5.43 Å². The summed E-state index contributed by atoms with van der Waals surface area (Å²) in [5.41, 5.74) is 7.62. The average Bonchev–Trinajstić information content (AvgIpc) is 2.68. The third-order valence-corrected chi connectivity index (χ3v) is 3.05. The third-order valence-electron chi connectivity index (χ3n) is 3.05. The fourth-order valence-corrected chi connectivity index (χ4v) is 1.99. The second kappa shape index (κ2) is 6.98. The number of cyclic esters (lactones) is 1. The minimum atomic E-state index is -0.724. The van der Waals surface area contributed by atoms with Crippen molar-refractivity contribution in [2.24, 2.45) is 16.8 Å². The number of amides is 2. The topological polar surface area (TPSA) is 93.8 Å². The van der Waals surface area contributed by atoms with Crippen LogP contribution in [0.15, 0.2) is 5.10 Å². The van der Waals surface area contributed by atoms with Crippen LogP contribution in [0.1, 0.15) is 46.0 Å². The van der Waals surface area contributed by atoms with Crippen LogP contribution in [0.5, 0.6) is 0 Å². The molecule has 0 saturated carbocycles. The molecule has 0 aromatic heterocycles. The number of unbranched alkanes of at least 4 members (excludes halogenated alkanes) is 2. The number of hydrogen-bond acceptors (Lipinski definition) is 4. The molecule has 2 atom stereocenters. The van der Waals surface area contributed by atoms with Gasteiger partial charge in [-0.3, -0.25) is 4.79 Å². The van der Waals surface area contributed by atoms with Crippen LogP contribution in [-0.4, -0.2) is 23.8 Å². The predicted octanol–water partition coefficient (Wildman–Crippen LogP) is 1.54. The van der Waals surface area contributed by atoms with Gasteiger partial charge in [0, 0.05) is 6.42 Å². The number of primary amides is 1. The van der Waals surface area contributed by atoms with E-state index in [1.54, 1.807) is 6.92 Å². The summed E-state index contributed by atoms with van der Waals surface area (Å²) >= 11 is 0. The zero-order valence-corrected chi connectivity index (χ0v) is 10.9. The summed E-state index contributed by atoms with van der Waals surface area (Å²) in [5, 5.41) is 3.79. The summed E-state index contributed by atoms with van der Waals surface area (Å²) in [6, 6.07) is -0.724. The summed E-state index contributed by atoms with van der Waals surface area (Å²) in [5.74, 6) is -0.204. The highest BCUT2D eigenvalue weighted by Crippen LogP contribution is 2.26. The van der Waals surface area contributed by atoms with E-state index in [2.05, 4.69) is 17.5 Å². The molecule has 0 radical (unpaired) electrons. The van der Waals surface area contributed by atoms with Crippen molar-refractivity contribution in [3.8, 4) is 0 Å². The summed E-state index contributed by atoms with van der Waals surface area (Å²) < 4.78 is 5.24. The van der Waals surface area contributed by atoms with Crippen molar-refractivity contribution in [2.45, 2.75) is 52.1 Å². The zero-order chi connectivity index (χ0) is 13.5. The molecule has 0 spiro atoms. The van der Waals surface area contributed by atoms with Gasteiger partial charge in [0.2, 0.25) is 0 Å². The third kappa shape index (κ3) is 4.35. The lowest BCUT2D eigenvalue weighted by molar-refractivity contribution is -0.142. The Labute approximate surface area is 107 Å². The molecular weight excluding hydrogens is 234 g/mol. The molecule has 6 nitrogen and oxygen atoms in total. The number of nitrogens with zero attached hydrogens (tertiary/aromatic N) is 1. The molecule has 1 rings (SSSR count). The van der Waals surface area contributed by atoms with Crippen LogP contribution in [-0.2, 0) is 9.53 Å². The number of esters is 1. The Bertz CT molecular complexity index is 341. The number of ether oxygens (including phenoxy) is 1. The molecule has 0 unspecified atom stereocenters. The van der Waals surface area contributed by atoms with Crippen molar-refractivity contribution < 1.29 is 14.3 Å². The lowest BCUT2D eigenvalue weighted by Crippen LogP contribution is -2.28. The molecule has 18 heavy (non-hydrogen) atoms. The van der Waals surface area contributed by atoms with Crippen LogP contribution in [0.3, 0.4) is 0 Å². The van der Waals surface area contributed by atoms with E-state index in [9.17, 15) is 9.59 Å². The molecule has 1 saturated heterocycles. The van der Waals surface area contributed by atoms with Crippen molar-refractivity contribution in [3.63, 3.8) is 0 Å². The van der Waals surface area contributed by atoms with E-state index < -0.39 is 6.03 Å². The zero-order valence-electron chi connectivity index (χ0n) is 10.9. The largest absolute Gasteiger partial charge is 0.456 e. The van der Waals surface area contributed by atoms with Gasteiger partial charge in [0.05, 0.1) is 11.6 Å². The van der Waals surface area contributed by atoms with Gasteiger partial charge in [0.1, 0.15) is 6.10 Å². The van der Waals surface area contributed by atoms with Crippen LogP contribution in [0.2, 0.25) is 0 Å². The number of urea groups is 1. The molecule has 6 heteroatoms. The first-order valence-corrected chi connectivity index (χ1v) is 6.34. The molecule has 0 aromatic carbocycles. The average molecular weight is 255 g/mol. The second-order valence-corrected chi connectivity index (χ2v) is 4.58. The van der Waals surface area contributed by atoms with Crippen molar-refractivity contribution in [1.29, 1.82) is 0 Å². The first-order chi connectivity index (χ1) is 8.54. The van der Waals surface area contributed by atoms with Gasteiger partial charge in [-0.2, -0.15) is 5.10 Å². The normalized spacial score (nSPS) is 23.9. The van der Waals surface area contributed by atoms with Gasteiger partial charge in [0.15, 0.2) is 0 Å². The predicted molar refractivity (Wildman–Crippen MR) is 68.0 cm³/mol. The number of rotatable bonds is 6. The van der Waals surface area contributed by atoms with Gasteiger partial charge in [-0.25, -0.2) is 10.2 Å². The SMILES string of the molecule is CCCCC[C@@H]1C[C@H](/C(C)=N\NC(N)=O)OC1=O. The standard InChI is InChI=1S/C12H21N3O3/c1-3-4-5-6-9-7-10(18-11(9)16)8(2)14-15-12(13)17/h9-10H,3-7H2,1-2H3,(H3,13,15,17)/b14-8-/t9-,10-/m1/s1. The van der Waals surface area contributed by atoms with E-state index in [1.807, 2.05) is 0 Å². The van der Waals surface area contributed by atoms with Crippen molar-refractivity contribution in [3.05, 3.63) is 0 Å². The number of carbonyl (C=O) groups is 2. The summed E-state index contributed by atoms with van der Waals surface area (Å²) in [7, 11) is 0. The van der Waals surface area contributed by atoms with E-state index in [0.717, 1.165) is 25.7 Å². The molecule has 1 aliphatic rings. The highest BCUT2D eigenvalue weighted by Gasteiger charge is 2.35. The van der Waals surface area contributed by atoms with E-state index in [4.69, 9.17) is 10.5 Å². The number of hydrazone groups is 1. The maximum Gasteiger partial charge on any atom is 0.332 e. The van der Waals surface area contributed by atoms with Crippen LogP contribution in [0, 0.1) is 5.92 Å². The maximum absolute atomic E-state index is 11.6. The van der Waals surface area contributed by atoms with Crippen LogP contribution in [0.4, 0.5) is 4.79 Å². The monoisotopic (exact) mass is 255 g/mol. The van der Waals surface area contributed by atoms with Gasteiger partial charge >= 0.3 is 12.0 Å². The van der Waals surface area contributed by atoms with Crippen LogP contribution >= 0.6 is 0 Å². The lowest BCUT2D eigenvalue weighted by Gasteiger charge is -2.07. The smallest absolute Gasteiger partial charge is 0.332 e. The van der Waals surface area contributed by atoms with Gasteiger partial charge < -0.3 is 10.5 Å². The highest BCUT2D eigenvalue weighted by molar-refractivity contribution is 5.91. The molecule has 0 bridgehead atoms. The second-order valence-electron chi connectivity index (χ2n) is 4.58. The Morgan fingerprint density at radius 1 is 1.56 bits per heavy atom. The van der Waals surface area contributed by atoms with Gasteiger partial charge in [-0.15, -0.1) is 0 Å². The molecule has 0 aliphatic carbocycles. The minimum Gasteiger partial charge on any atom is -0.456 e. The Morgan fingerprint density at radius 2 is 2.28 bits per heavy atom. The van der Waals surface area contributed by atoms with Crippen molar-refractivity contribution in [2.75, 3.05) is 0 Å². The maximum atomic E-state index is 11.6. The van der Waals surface area contributed by atoms with Crippen LogP contribution in [0.25, 0.3) is 0 Å². The lowest BCUT2D eigenvalue weighted by atomic mass is 9.96. The number of nitrogens with two attached hydrogens (primary N) is 1. The quantitative estimate of drug-likeness (QED) is 0.326. The van der Waals surface area contributed by atoms with E-state index >= 15 is 0 Å². The Hall–Kier alpha value is -1.59. The summed E-state index contributed by atoms with van der Waals surface area (Å²) in [6.07, 6.45) is 4.46. The molecule has 102 valence electrons. The fourth-order valence-electron chi connectivity index (χ4n) is 1.99. The Kier molecular flexibility index (Phi) is 5.61.